The zero-order valence-corrected chi connectivity index (χ0v) is 29.7. The second-order valence-corrected chi connectivity index (χ2v) is 13.2. The Balaban J connectivity index is 2.23. The zero-order chi connectivity index (χ0) is 39.0. The van der Waals surface area contributed by atoms with Crippen LogP contribution in [0.3, 0.4) is 0 Å². The summed E-state index contributed by atoms with van der Waals surface area (Å²) in [4.78, 5) is 62.1. The van der Waals surface area contributed by atoms with E-state index in [9.17, 15) is 49.9 Å². The van der Waals surface area contributed by atoms with Crippen molar-refractivity contribution in [2.75, 3.05) is 13.7 Å². The van der Waals surface area contributed by atoms with Crippen LogP contribution < -0.4 is 5.32 Å². The first kappa shape index (κ1) is 42.6. The first-order valence-corrected chi connectivity index (χ1v) is 17.7. The lowest BCUT2D eigenvalue weighted by atomic mass is 9.95. The fourth-order valence-corrected chi connectivity index (χ4v) is 6.06. The molecule has 3 N–H and O–H groups in total. The summed E-state index contributed by atoms with van der Waals surface area (Å²) in [5.41, 5.74) is 0.541. The van der Waals surface area contributed by atoms with Gasteiger partial charge in [0, 0.05) is 27.7 Å². The molecule has 52 heavy (non-hydrogen) atoms. The number of methoxy groups -OCH3 is 1. The van der Waals surface area contributed by atoms with Gasteiger partial charge in [-0.3, -0.25) is 28.3 Å². The Morgan fingerprint density at radius 1 is 0.750 bits per heavy atom. The van der Waals surface area contributed by atoms with E-state index in [1.54, 1.807) is 30.3 Å². The summed E-state index contributed by atoms with van der Waals surface area (Å²) in [5.74, 6) is -5.20. The number of hydrogen-bond donors (Lipinski definition) is 3. The molecule has 2 saturated heterocycles. The number of esters is 4. The normalized spacial score (nSPS) is 29.3. The number of carbonyl (C=O) groups excluding carboxylic acids is 5. The summed E-state index contributed by atoms with van der Waals surface area (Å²) >= 11 is 0. The standard InChI is InChI=1S/C28H37NO21S2/c1-13(30)29-19-21(48-28-25(46-16(4)33)23(45-15(3)32)22(44-14(2)31)24(49-28)26(34)41-5)20(50-52(38,39)40)18(12-43-51(35,36)37)47-27(19)42-11-17-9-7-6-8-10-17/h6-10,18-25,27-28H,11-12H2,1-5H3,(H,29,30)(H,35,36,37)(H,38,39,40)/t18-,19-,20+,21-,22+,23+,24+,25-,27-,28-/m1/s1. The Kier molecular flexibility index (Phi) is 14.9. The van der Waals surface area contributed by atoms with Crippen LogP contribution in [0.15, 0.2) is 30.3 Å². The van der Waals surface area contributed by atoms with E-state index >= 15 is 0 Å². The second kappa shape index (κ2) is 18.3. The quantitative estimate of drug-likeness (QED) is 0.104. The van der Waals surface area contributed by atoms with Crippen LogP contribution in [0.1, 0.15) is 33.3 Å². The van der Waals surface area contributed by atoms with E-state index in [1.807, 2.05) is 0 Å². The fraction of sp³-hybridized carbons (Fsp3) is 0.607. The zero-order valence-electron chi connectivity index (χ0n) is 28.0. The van der Waals surface area contributed by atoms with Gasteiger partial charge in [0.05, 0.1) is 20.3 Å². The molecule has 1 aromatic rings. The number of rotatable bonds is 15. The lowest BCUT2D eigenvalue weighted by Gasteiger charge is -2.48. The predicted octanol–water partition coefficient (Wildman–Crippen LogP) is -1.48. The number of benzene rings is 1. The molecule has 0 aromatic heterocycles. The van der Waals surface area contributed by atoms with Gasteiger partial charge in [0.25, 0.3) is 0 Å². The molecule has 292 valence electrons. The molecule has 3 rings (SSSR count). The van der Waals surface area contributed by atoms with E-state index in [0.717, 1.165) is 34.8 Å². The maximum atomic E-state index is 12.9. The van der Waals surface area contributed by atoms with E-state index in [2.05, 4.69) is 9.50 Å². The van der Waals surface area contributed by atoms with Crippen molar-refractivity contribution in [2.24, 2.45) is 0 Å². The molecule has 0 spiro atoms. The Bertz CT molecular complexity index is 1650. The highest BCUT2D eigenvalue weighted by Gasteiger charge is 2.58. The number of hydrogen-bond acceptors (Lipinski definition) is 19. The van der Waals surface area contributed by atoms with Crippen molar-refractivity contribution in [2.45, 2.75) is 95.7 Å². The molecule has 1 amide bonds. The van der Waals surface area contributed by atoms with E-state index in [4.69, 9.17) is 42.1 Å². The molecule has 24 heteroatoms. The third-order valence-corrected chi connectivity index (χ3v) is 7.91. The van der Waals surface area contributed by atoms with Crippen molar-refractivity contribution in [1.82, 2.24) is 5.32 Å². The van der Waals surface area contributed by atoms with Gasteiger partial charge in [0.15, 0.2) is 37.0 Å². The van der Waals surface area contributed by atoms with Gasteiger partial charge in [-0.15, -0.1) is 0 Å². The molecule has 0 bridgehead atoms. The lowest BCUT2D eigenvalue weighted by Crippen LogP contribution is -2.69. The molecule has 10 atom stereocenters. The van der Waals surface area contributed by atoms with Crippen LogP contribution >= 0.6 is 0 Å². The Morgan fingerprint density at radius 3 is 1.85 bits per heavy atom. The highest BCUT2D eigenvalue weighted by Crippen LogP contribution is 2.35. The van der Waals surface area contributed by atoms with Crippen molar-refractivity contribution < 1.29 is 96.2 Å². The van der Waals surface area contributed by atoms with Gasteiger partial charge < -0.3 is 43.2 Å². The molecule has 2 aliphatic rings. The van der Waals surface area contributed by atoms with Crippen molar-refractivity contribution in [3.8, 4) is 0 Å². The van der Waals surface area contributed by atoms with Crippen LogP contribution in [0, 0.1) is 0 Å². The van der Waals surface area contributed by atoms with E-state index in [-0.39, 0.29) is 6.61 Å². The highest BCUT2D eigenvalue weighted by molar-refractivity contribution is 7.81. The van der Waals surface area contributed by atoms with E-state index < -0.39 is 119 Å². The van der Waals surface area contributed by atoms with Crippen LogP contribution in [0.5, 0.6) is 0 Å². The SMILES string of the molecule is COC(=O)[C@H]1O[C@@H](O[C@@H]2[C@@H](NC(C)=O)[C@H](OCc3ccccc3)O[C@H](COS(=O)(=O)O)[C@@H]2OS(=O)(=O)O)[C@H](OC(C)=O)[C@@H](OC(C)=O)[C@@H]1OC(C)=O. The van der Waals surface area contributed by atoms with Gasteiger partial charge >= 0.3 is 44.7 Å². The van der Waals surface area contributed by atoms with Gasteiger partial charge in [0.2, 0.25) is 5.91 Å². The molecule has 2 heterocycles. The van der Waals surface area contributed by atoms with Gasteiger partial charge in [-0.1, -0.05) is 30.3 Å². The number of ether oxygens (including phenoxy) is 8. The number of nitrogens with one attached hydrogen (secondary N) is 1. The summed E-state index contributed by atoms with van der Waals surface area (Å²) in [5, 5.41) is 2.41. The van der Waals surface area contributed by atoms with Gasteiger partial charge in [0.1, 0.15) is 24.4 Å². The Labute approximate surface area is 297 Å². The molecule has 0 unspecified atom stereocenters. The molecule has 2 fully saturated rings. The minimum absolute atomic E-state index is 0.261. The second-order valence-electron chi connectivity index (χ2n) is 11.0. The Morgan fingerprint density at radius 2 is 1.33 bits per heavy atom. The summed E-state index contributed by atoms with van der Waals surface area (Å²) in [6, 6.07) is 6.58. The Hall–Kier alpha value is -3.85. The molecule has 2 aliphatic heterocycles. The summed E-state index contributed by atoms with van der Waals surface area (Å²) in [7, 11) is -9.85. The minimum Gasteiger partial charge on any atom is -0.467 e. The van der Waals surface area contributed by atoms with Crippen molar-refractivity contribution in [3.05, 3.63) is 35.9 Å². The third kappa shape index (κ3) is 12.7. The van der Waals surface area contributed by atoms with Gasteiger partial charge in [-0.2, -0.15) is 16.8 Å². The van der Waals surface area contributed by atoms with E-state index in [1.165, 1.54) is 0 Å². The average molecular weight is 788 g/mol. The summed E-state index contributed by atoms with van der Waals surface area (Å²) in [6.45, 7) is 2.29. The summed E-state index contributed by atoms with van der Waals surface area (Å²) < 4.78 is 120. The van der Waals surface area contributed by atoms with Crippen molar-refractivity contribution in [1.29, 1.82) is 0 Å². The maximum Gasteiger partial charge on any atom is 0.397 e. The number of carbonyl (C=O) groups is 5. The molecule has 0 saturated carbocycles. The maximum absolute atomic E-state index is 12.9. The highest BCUT2D eigenvalue weighted by atomic mass is 32.3. The van der Waals surface area contributed by atoms with Crippen LogP contribution in [-0.4, -0.2) is 131 Å². The molecular formula is C28H37NO21S2. The largest absolute Gasteiger partial charge is 0.467 e. The van der Waals surface area contributed by atoms with Crippen LogP contribution in [0.25, 0.3) is 0 Å². The fourth-order valence-electron chi connectivity index (χ4n) is 5.24. The van der Waals surface area contributed by atoms with Gasteiger partial charge in [-0.05, 0) is 5.56 Å². The van der Waals surface area contributed by atoms with Crippen molar-refractivity contribution >= 4 is 50.6 Å². The molecular weight excluding hydrogens is 750 g/mol. The minimum atomic E-state index is -5.53. The van der Waals surface area contributed by atoms with Crippen molar-refractivity contribution in [3.63, 3.8) is 0 Å². The smallest absolute Gasteiger partial charge is 0.397 e. The van der Waals surface area contributed by atoms with E-state index in [0.29, 0.717) is 5.56 Å². The molecule has 0 aliphatic carbocycles. The first-order valence-electron chi connectivity index (χ1n) is 14.9. The van der Waals surface area contributed by atoms with Crippen LogP contribution in [0.4, 0.5) is 0 Å². The summed E-state index contributed by atoms with van der Waals surface area (Å²) in [6.07, 6.45) is -17.9. The lowest BCUT2D eigenvalue weighted by molar-refractivity contribution is -0.340. The first-order chi connectivity index (χ1) is 24.2. The van der Waals surface area contributed by atoms with Crippen LogP contribution in [-0.2, 0) is 97.6 Å². The number of amides is 1. The van der Waals surface area contributed by atoms with Crippen LogP contribution in [0.2, 0.25) is 0 Å². The van der Waals surface area contributed by atoms with Gasteiger partial charge in [-0.25, -0.2) is 13.2 Å². The third-order valence-electron chi connectivity index (χ3n) is 7.01. The molecule has 0 radical (unpaired) electrons. The molecule has 22 nitrogen and oxygen atoms in total. The predicted molar refractivity (Wildman–Crippen MR) is 164 cm³/mol. The monoisotopic (exact) mass is 787 g/mol. The average Bonchev–Trinajstić information content (AvgIpc) is 3.02. The topological polar surface area (TPSA) is 298 Å². The molecule has 1 aromatic carbocycles.